The van der Waals surface area contributed by atoms with Gasteiger partial charge in [0.1, 0.15) is 23.3 Å². The minimum absolute atomic E-state index is 0.0606. The molecule has 0 radical (unpaired) electrons. The van der Waals surface area contributed by atoms with Crippen LogP contribution >= 0.6 is 0 Å². The third-order valence-corrected chi connectivity index (χ3v) is 4.97. The van der Waals surface area contributed by atoms with Crippen LogP contribution in [0.4, 0.5) is 0 Å². The molecule has 28 heavy (non-hydrogen) atoms. The van der Waals surface area contributed by atoms with E-state index in [1.54, 1.807) is 26.2 Å². The van der Waals surface area contributed by atoms with E-state index in [4.69, 9.17) is 9.15 Å². The molecule has 1 saturated heterocycles. The fourth-order valence-corrected chi connectivity index (χ4v) is 3.52. The van der Waals surface area contributed by atoms with Gasteiger partial charge in [-0.3, -0.25) is 9.59 Å². The molecule has 1 fully saturated rings. The van der Waals surface area contributed by atoms with Crippen LogP contribution in [0.25, 0.3) is 5.76 Å². The highest BCUT2D eigenvalue weighted by atomic mass is 16.5. The van der Waals surface area contributed by atoms with Crippen molar-refractivity contribution in [3.8, 4) is 0 Å². The van der Waals surface area contributed by atoms with Crippen molar-refractivity contribution in [2.24, 2.45) is 0 Å². The molecule has 2 aromatic rings. The van der Waals surface area contributed by atoms with Gasteiger partial charge in [0.25, 0.3) is 11.7 Å². The van der Waals surface area contributed by atoms with Crippen molar-refractivity contribution >= 4 is 17.4 Å². The highest BCUT2D eigenvalue weighted by Gasteiger charge is 2.47. The second-order valence-electron chi connectivity index (χ2n) is 7.11. The number of Topliss-reactive ketones (excluding diaryl/α,β-unsaturated/α-hetero) is 1. The number of likely N-dealkylation sites (tertiary alicyclic amines) is 1. The Balaban J connectivity index is 2.14. The normalized spacial score (nSPS) is 18.9. The van der Waals surface area contributed by atoms with Crippen molar-refractivity contribution < 1.29 is 23.8 Å². The Morgan fingerprint density at radius 2 is 1.93 bits per heavy atom. The lowest BCUT2D eigenvalue weighted by Gasteiger charge is -2.23. The van der Waals surface area contributed by atoms with Crippen LogP contribution in [0.2, 0.25) is 0 Å². The maximum absolute atomic E-state index is 12.9. The molecule has 1 aromatic carbocycles. The summed E-state index contributed by atoms with van der Waals surface area (Å²) in [6.07, 6.45) is 0.573. The number of hydrogen-bond donors (Lipinski definition) is 1. The summed E-state index contributed by atoms with van der Waals surface area (Å²) in [6.45, 7) is 6.35. The first-order chi connectivity index (χ1) is 13.3. The molecule has 3 rings (SSSR count). The molecule has 0 aliphatic carbocycles. The van der Waals surface area contributed by atoms with Crippen molar-refractivity contribution in [1.82, 2.24) is 4.90 Å². The Morgan fingerprint density at radius 3 is 2.57 bits per heavy atom. The fourth-order valence-electron chi connectivity index (χ4n) is 3.52. The van der Waals surface area contributed by atoms with Gasteiger partial charge in [-0.05, 0) is 51.0 Å². The van der Waals surface area contributed by atoms with E-state index in [1.807, 2.05) is 32.0 Å². The Bertz CT molecular complexity index is 940. The zero-order valence-electron chi connectivity index (χ0n) is 16.6. The van der Waals surface area contributed by atoms with E-state index in [0.717, 1.165) is 11.1 Å². The van der Waals surface area contributed by atoms with Crippen molar-refractivity contribution in [1.29, 1.82) is 0 Å². The summed E-state index contributed by atoms with van der Waals surface area (Å²) in [7, 11) is 1.59. The molecule has 1 unspecified atom stereocenters. The molecule has 1 amide bonds. The number of methoxy groups -OCH3 is 1. The zero-order valence-corrected chi connectivity index (χ0v) is 16.6. The number of aliphatic hydroxyl groups excluding tert-OH is 1. The Hall–Kier alpha value is -2.86. The van der Waals surface area contributed by atoms with Gasteiger partial charge in [0.2, 0.25) is 0 Å². The fraction of sp³-hybridized carbons (Fsp3) is 0.364. The molecule has 148 valence electrons. The van der Waals surface area contributed by atoms with Crippen molar-refractivity contribution in [3.05, 3.63) is 64.1 Å². The van der Waals surface area contributed by atoms with Crippen LogP contribution in [-0.2, 0) is 14.3 Å². The molecule has 1 N–H and O–H groups in total. The monoisotopic (exact) mass is 383 g/mol. The first-order valence-electron chi connectivity index (χ1n) is 9.26. The topological polar surface area (TPSA) is 80.0 Å². The van der Waals surface area contributed by atoms with Crippen molar-refractivity contribution in [2.75, 3.05) is 20.3 Å². The van der Waals surface area contributed by atoms with Crippen LogP contribution in [-0.4, -0.2) is 42.0 Å². The van der Waals surface area contributed by atoms with Crippen molar-refractivity contribution in [2.45, 2.75) is 33.2 Å². The molecule has 1 aromatic heterocycles. The number of furan rings is 1. The number of rotatable bonds is 6. The van der Waals surface area contributed by atoms with Gasteiger partial charge in [0.05, 0.1) is 5.57 Å². The summed E-state index contributed by atoms with van der Waals surface area (Å²) in [5, 5.41) is 11.1. The second-order valence-corrected chi connectivity index (χ2v) is 7.11. The summed E-state index contributed by atoms with van der Waals surface area (Å²) in [5.74, 6) is -0.380. The van der Waals surface area contributed by atoms with Gasteiger partial charge >= 0.3 is 0 Å². The molecular weight excluding hydrogens is 358 g/mol. The molecular formula is C22H25NO5. The lowest BCUT2D eigenvalue weighted by molar-refractivity contribution is -0.140. The number of carbonyl (C=O) groups is 2. The number of aliphatic hydroxyl groups is 1. The molecule has 1 aliphatic rings. The lowest BCUT2D eigenvalue weighted by atomic mass is 9.96. The molecule has 1 aliphatic heterocycles. The third-order valence-electron chi connectivity index (χ3n) is 4.97. The van der Waals surface area contributed by atoms with Crippen LogP contribution < -0.4 is 0 Å². The van der Waals surface area contributed by atoms with E-state index < -0.39 is 17.7 Å². The number of carbonyl (C=O) groups excluding carboxylic acids is 2. The van der Waals surface area contributed by atoms with Gasteiger partial charge < -0.3 is 19.2 Å². The smallest absolute Gasteiger partial charge is 0.295 e. The lowest BCUT2D eigenvalue weighted by Crippen LogP contribution is -2.31. The van der Waals surface area contributed by atoms with Gasteiger partial charge in [0, 0.05) is 25.8 Å². The van der Waals surface area contributed by atoms with E-state index in [9.17, 15) is 14.7 Å². The van der Waals surface area contributed by atoms with Gasteiger partial charge in [-0.25, -0.2) is 0 Å². The largest absolute Gasteiger partial charge is 0.507 e. The predicted octanol–water partition coefficient (Wildman–Crippen LogP) is 3.66. The van der Waals surface area contributed by atoms with Gasteiger partial charge in [-0.1, -0.05) is 17.7 Å². The number of hydrogen-bond acceptors (Lipinski definition) is 5. The number of ether oxygens (including phenoxy) is 1. The maximum atomic E-state index is 12.9. The van der Waals surface area contributed by atoms with Crippen LogP contribution in [0.3, 0.4) is 0 Å². The first kappa shape index (κ1) is 19.9. The van der Waals surface area contributed by atoms with Crippen molar-refractivity contribution in [3.63, 3.8) is 0 Å². The number of aryl methyl sites for hydroxylation is 3. The van der Waals surface area contributed by atoms with E-state index in [2.05, 4.69) is 0 Å². The molecule has 1 atom stereocenters. The summed E-state index contributed by atoms with van der Waals surface area (Å²) < 4.78 is 10.8. The number of nitrogens with zero attached hydrogens (tertiary/aromatic N) is 1. The molecule has 2 heterocycles. The first-order valence-corrected chi connectivity index (χ1v) is 9.26. The van der Waals surface area contributed by atoms with Gasteiger partial charge in [0.15, 0.2) is 0 Å². The average molecular weight is 383 g/mol. The SMILES string of the molecule is COCCCN1C(=O)C(=O)C(=C(O)c2cc(C)ccc2C)C1c1ccc(C)o1. The maximum Gasteiger partial charge on any atom is 0.295 e. The molecule has 0 saturated carbocycles. The van der Waals surface area contributed by atoms with Gasteiger partial charge in [-0.2, -0.15) is 0 Å². The molecule has 6 heteroatoms. The van der Waals surface area contributed by atoms with E-state index in [-0.39, 0.29) is 11.3 Å². The van der Waals surface area contributed by atoms with Gasteiger partial charge in [-0.15, -0.1) is 0 Å². The Kier molecular flexibility index (Phi) is 5.70. The summed E-state index contributed by atoms with van der Waals surface area (Å²) in [4.78, 5) is 27.1. The molecule has 0 bridgehead atoms. The summed E-state index contributed by atoms with van der Waals surface area (Å²) in [6, 6.07) is 8.39. The highest BCUT2D eigenvalue weighted by molar-refractivity contribution is 6.46. The van der Waals surface area contributed by atoms with Crippen LogP contribution in [0.5, 0.6) is 0 Å². The average Bonchev–Trinajstić information content (AvgIpc) is 3.19. The molecule has 0 spiro atoms. The van der Waals surface area contributed by atoms with E-state index in [0.29, 0.717) is 36.7 Å². The molecule has 6 nitrogen and oxygen atoms in total. The van der Waals surface area contributed by atoms with Crippen LogP contribution in [0.15, 0.2) is 40.3 Å². The summed E-state index contributed by atoms with van der Waals surface area (Å²) >= 11 is 0. The third kappa shape index (κ3) is 3.60. The van der Waals surface area contributed by atoms with E-state index in [1.165, 1.54) is 4.90 Å². The van der Waals surface area contributed by atoms with Crippen LogP contribution in [0, 0.1) is 20.8 Å². The quantitative estimate of drug-likeness (QED) is 0.356. The standard InChI is InChI=1S/C22H25NO5/c1-13-6-7-14(2)16(12-13)20(24)18-19(17-9-8-15(3)28-17)23(10-5-11-27-4)22(26)21(18)25/h6-9,12,19,24H,5,10-11H2,1-4H3. The van der Waals surface area contributed by atoms with E-state index >= 15 is 0 Å². The number of benzene rings is 1. The zero-order chi connectivity index (χ0) is 20.4. The summed E-state index contributed by atoms with van der Waals surface area (Å²) in [5.41, 5.74) is 2.38. The highest BCUT2D eigenvalue weighted by Crippen LogP contribution is 2.40. The predicted molar refractivity (Wildman–Crippen MR) is 105 cm³/mol. The Morgan fingerprint density at radius 1 is 1.18 bits per heavy atom. The van der Waals surface area contributed by atoms with Crippen LogP contribution in [0.1, 0.15) is 40.7 Å². The number of ketones is 1. The minimum atomic E-state index is -0.759. The minimum Gasteiger partial charge on any atom is -0.507 e. The second kappa shape index (κ2) is 8.02. The number of amides is 1. The Labute approximate surface area is 164 Å².